The number of nitrogens with zero attached hydrogens (tertiary/aromatic N) is 2. The molecule has 0 spiro atoms. The lowest BCUT2D eigenvalue weighted by Crippen LogP contribution is -2.32. The maximum Gasteiger partial charge on any atom is 0.253 e. The lowest BCUT2D eigenvalue weighted by molar-refractivity contribution is 0.0643. The van der Waals surface area contributed by atoms with Gasteiger partial charge in [0.05, 0.1) is 34.9 Å². The van der Waals surface area contributed by atoms with Crippen molar-refractivity contribution >= 4 is 32.7 Å². The van der Waals surface area contributed by atoms with Crippen molar-refractivity contribution in [2.75, 3.05) is 30.7 Å². The van der Waals surface area contributed by atoms with Crippen LogP contribution in [0.1, 0.15) is 28.8 Å². The van der Waals surface area contributed by atoms with Gasteiger partial charge in [-0.05, 0) is 42.9 Å². The number of anilines is 1. The highest BCUT2D eigenvalue weighted by molar-refractivity contribution is 7.92. The second kappa shape index (κ2) is 9.70. The number of rotatable bonds is 8. The number of benzene rings is 2. The zero-order chi connectivity index (χ0) is 22.6. The van der Waals surface area contributed by atoms with E-state index in [0.717, 1.165) is 25.5 Å². The SMILES string of the molecule is CS(=O)(=O)Nc1cc(C(=O)NCC2CCOCC2)c2c(c1)ncn2CCc1ccccc1. The van der Waals surface area contributed by atoms with Crippen molar-refractivity contribution in [2.24, 2.45) is 5.92 Å². The van der Waals surface area contributed by atoms with E-state index in [9.17, 15) is 13.2 Å². The van der Waals surface area contributed by atoms with Gasteiger partial charge in [-0.25, -0.2) is 13.4 Å². The molecule has 2 heterocycles. The van der Waals surface area contributed by atoms with Gasteiger partial charge in [-0.15, -0.1) is 0 Å². The third kappa shape index (κ3) is 5.66. The average molecular weight is 457 g/mol. The third-order valence-corrected chi connectivity index (χ3v) is 6.24. The highest BCUT2D eigenvalue weighted by Gasteiger charge is 2.20. The fourth-order valence-corrected chi connectivity index (χ4v) is 4.55. The molecule has 0 atom stereocenters. The number of hydrogen-bond donors (Lipinski definition) is 2. The van der Waals surface area contributed by atoms with E-state index in [2.05, 4.69) is 27.2 Å². The smallest absolute Gasteiger partial charge is 0.253 e. The summed E-state index contributed by atoms with van der Waals surface area (Å²) in [6, 6.07) is 13.4. The molecule has 9 heteroatoms. The summed E-state index contributed by atoms with van der Waals surface area (Å²) in [5.74, 6) is 0.142. The summed E-state index contributed by atoms with van der Waals surface area (Å²) in [4.78, 5) is 17.6. The van der Waals surface area contributed by atoms with Gasteiger partial charge in [0.2, 0.25) is 10.0 Å². The van der Waals surface area contributed by atoms with Crippen LogP contribution < -0.4 is 10.0 Å². The van der Waals surface area contributed by atoms with E-state index in [1.54, 1.807) is 18.5 Å². The van der Waals surface area contributed by atoms with Crippen LogP contribution in [0.4, 0.5) is 5.69 Å². The predicted molar refractivity (Wildman–Crippen MR) is 124 cm³/mol. The Bertz CT molecular complexity index is 1190. The molecule has 0 saturated carbocycles. The number of hydrogen-bond acceptors (Lipinski definition) is 5. The lowest BCUT2D eigenvalue weighted by atomic mass is 10.0. The number of nitrogens with one attached hydrogen (secondary N) is 2. The molecule has 1 aliphatic heterocycles. The summed E-state index contributed by atoms with van der Waals surface area (Å²) < 4.78 is 33.3. The van der Waals surface area contributed by atoms with E-state index in [1.165, 1.54) is 5.56 Å². The fourth-order valence-electron chi connectivity index (χ4n) is 4.00. The summed E-state index contributed by atoms with van der Waals surface area (Å²) in [6.07, 6.45) is 5.41. The zero-order valence-corrected chi connectivity index (χ0v) is 18.9. The molecule has 1 fully saturated rings. The summed E-state index contributed by atoms with van der Waals surface area (Å²) in [6.45, 7) is 2.64. The van der Waals surface area contributed by atoms with Crippen LogP contribution >= 0.6 is 0 Å². The van der Waals surface area contributed by atoms with Crippen LogP contribution in [0.2, 0.25) is 0 Å². The molecule has 2 N–H and O–H groups in total. The first-order valence-corrected chi connectivity index (χ1v) is 12.6. The Morgan fingerprint density at radius 2 is 1.94 bits per heavy atom. The maximum atomic E-state index is 13.2. The number of carbonyl (C=O) groups is 1. The minimum absolute atomic E-state index is 0.236. The number of ether oxygens (including phenoxy) is 1. The standard InChI is InChI=1S/C23H28N4O4S/c1-32(29,30)26-19-13-20(23(28)24-15-18-8-11-31-12-9-18)22-21(14-19)25-16-27(22)10-7-17-5-3-2-4-6-17/h2-6,13-14,16,18,26H,7-12,15H2,1H3,(H,24,28). The van der Waals surface area contributed by atoms with Gasteiger partial charge in [0.15, 0.2) is 0 Å². The Labute approximate surface area is 188 Å². The Balaban J connectivity index is 1.62. The van der Waals surface area contributed by atoms with E-state index >= 15 is 0 Å². The first kappa shape index (κ1) is 22.3. The van der Waals surface area contributed by atoms with Crippen LogP contribution in [0, 0.1) is 5.92 Å². The van der Waals surface area contributed by atoms with Crippen LogP contribution in [0.5, 0.6) is 0 Å². The van der Waals surface area contributed by atoms with E-state index < -0.39 is 10.0 Å². The number of amides is 1. The van der Waals surface area contributed by atoms with Crippen LogP contribution in [0.15, 0.2) is 48.8 Å². The molecule has 0 unspecified atom stereocenters. The topological polar surface area (TPSA) is 102 Å². The van der Waals surface area contributed by atoms with Crippen LogP contribution in [0.25, 0.3) is 11.0 Å². The Kier molecular flexibility index (Phi) is 6.76. The van der Waals surface area contributed by atoms with Gasteiger partial charge < -0.3 is 14.6 Å². The number of aryl methyl sites for hydroxylation is 2. The minimum atomic E-state index is -3.49. The molecular formula is C23H28N4O4S. The molecule has 4 rings (SSSR count). The normalized spacial score (nSPS) is 15.0. The fraction of sp³-hybridized carbons (Fsp3) is 0.391. The average Bonchev–Trinajstić information content (AvgIpc) is 3.18. The van der Waals surface area contributed by atoms with Gasteiger partial charge in [0.25, 0.3) is 5.91 Å². The zero-order valence-electron chi connectivity index (χ0n) is 18.1. The van der Waals surface area contributed by atoms with Crippen LogP contribution in [0.3, 0.4) is 0 Å². The first-order valence-electron chi connectivity index (χ1n) is 10.8. The third-order valence-electron chi connectivity index (χ3n) is 5.64. The largest absolute Gasteiger partial charge is 0.381 e. The molecule has 1 aliphatic rings. The molecule has 0 radical (unpaired) electrons. The molecule has 32 heavy (non-hydrogen) atoms. The summed E-state index contributed by atoms with van der Waals surface area (Å²) in [5, 5.41) is 3.03. The number of imidazole rings is 1. The van der Waals surface area contributed by atoms with Crippen molar-refractivity contribution in [1.82, 2.24) is 14.9 Å². The van der Waals surface area contributed by atoms with E-state index in [-0.39, 0.29) is 5.91 Å². The lowest BCUT2D eigenvalue weighted by Gasteiger charge is -2.22. The Morgan fingerprint density at radius 1 is 1.19 bits per heavy atom. The van der Waals surface area contributed by atoms with Gasteiger partial charge in [-0.3, -0.25) is 9.52 Å². The quantitative estimate of drug-likeness (QED) is 0.543. The van der Waals surface area contributed by atoms with E-state index in [4.69, 9.17) is 4.74 Å². The van der Waals surface area contributed by atoms with Crippen molar-refractivity contribution in [3.63, 3.8) is 0 Å². The summed E-state index contributed by atoms with van der Waals surface area (Å²) in [5.41, 5.74) is 3.19. The van der Waals surface area contributed by atoms with Gasteiger partial charge >= 0.3 is 0 Å². The van der Waals surface area contributed by atoms with Crippen molar-refractivity contribution in [3.05, 3.63) is 59.9 Å². The van der Waals surface area contributed by atoms with Gasteiger partial charge in [-0.1, -0.05) is 30.3 Å². The Morgan fingerprint density at radius 3 is 2.66 bits per heavy atom. The molecule has 170 valence electrons. The number of sulfonamides is 1. The number of carbonyl (C=O) groups excluding carboxylic acids is 1. The van der Waals surface area contributed by atoms with E-state index in [1.807, 2.05) is 22.8 Å². The molecule has 8 nitrogen and oxygen atoms in total. The Hall–Kier alpha value is -2.91. The van der Waals surface area contributed by atoms with Crippen molar-refractivity contribution in [2.45, 2.75) is 25.8 Å². The summed E-state index contributed by atoms with van der Waals surface area (Å²) in [7, 11) is -3.49. The molecule has 1 amide bonds. The van der Waals surface area contributed by atoms with Gasteiger partial charge in [-0.2, -0.15) is 0 Å². The van der Waals surface area contributed by atoms with E-state index in [0.29, 0.717) is 54.5 Å². The highest BCUT2D eigenvalue weighted by Crippen LogP contribution is 2.25. The van der Waals surface area contributed by atoms with Crippen molar-refractivity contribution < 1.29 is 17.9 Å². The maximum absolute atomic E-state index is 13.2. The monoisotopic (exact) mass is 456 g/mol. The highest BCUT2D eigenvalue weighted by atomic mass is 32.2. The number of aromatic nitrogens is 2. The molecule has 2 aromatic carbocycles. The first-order chi connectivity index (χ1) is 15.4. The molecule has 0 bridgehead atoms. The molecule has 1 saturated heterocycles. The predicted octanol–water partition coefficient (Wildman–Crippen LogP) is 2.81. The van der Waals surface area contributed by atoms with Crippen LogP contribution in [-0.2, 0) is 27.7 Å². The second-order valence-corrected chi connectivity index (χ2v) is 9.95. The summed E-state index contributed by atoms with van der Waals surface area (Å²) >= 11 is 0. The van der Waals surface area contributed by atoms with Gasteiger partial charge in [0, 0.05) is 26.3 Å². The number of fused-ring (bicyclic) bond motifs is 1. The minimum Gasteiger partial charge on any atom is -0.381 e. The van der Waals surface area contributed by atoms with Crippen molar-refractivity contribution in [3.8, 4) is 0 Å². The van der Waals surface area contributed by atoms with Gasteiger partial charge in [0.1, 0.15) is 0 Å². The molecule has 0 aliphatic carbocycles. The van der Waals surface area contributed by atoms with Crippen LogP contribution in [-0.4, -0.2) is 49.9 Å². The molecule has 1 aromatic heterocycles. The van der Waals surface area contributed by atoms with Crippen molar-refractivity contribution in [1.29, 1.82) is 0 Å². The molecule has 3 aromatic rings. The molecular weight excluding hydrogens is 428 g/mol. The second-order valence-electron chi connectivity index (χ2n) is 8.21.